The third kappa shape index (κ3) is 6.30. The molecule has 0 aliphatic carbocycles. The van der Waals surface area contributed by atoms with Crippen molar-refractivity contribution in [2.24, 2.45) is 0 Å². The molecule has 0 saturated heterocycles. The number of ether oxygens (including phenoxy) is 1. The smallest absolute Gasteiger partial charge is 0.316 e. The molecule has 0 bridgehead atoms. The average molecular weight is 430 g/mol. The standard InChI is InChI=1S/C20H23N5O2S2/c1-14-11-15(2)22-19(21-14)28-12-17-23-24-20(29-13-18(26)27-3)25(17)10-9-16-7-5-4-6-8-16/h4-8,11H,9-10,12-13H2,1-3H3. The van der Waals surface area contributed by atoms with Gasteiger partial charge in [0.1, 0.15) is 5.82 Å². The molecule has 0 fully saturated rings. The minimum atomic E-state index is -0.285. The van der Waals surface area contributed by atoms with Crippen molar-refractivity contribution in [1.82, 2.24) is 24.7 Å². The number of hydrogen-bond donors (Lipinski definition) is 0. The van der Waals surface area contributed by atoms with E-state index < -0.39 is 0 Å². The molecule has 1 aromatic carbocycles. The molecule has 152 valence electrons. The molecule has 0 amide bonds. The summed E-state index contributed by atoms with van der Waals surface area (Å²) < 4.78 is 6.80. The molecule has 29 heavy (non-hydrogen) atoms. The van der Waals surface area contributed by atoms with Gasteiger partial charge in [-0.3, -0.25) is 4.79 Å². The zero-order valence-corrected chi connectivity index (χ0v) is 18.3. The van der Waals surface area contributed by atoms with E-state index in [-0.39, 0.29) is 11.7 Å². The molecule has 0 unspecified atom stereocenters. The summed E-state index contributed by atoms with van der Waals surface area (Å²) >= 11 is 2.87. The second-order valence-electron chi connectivity index (χ2n) is 6.37. The second-order valence-corrected chi connectivity index (χ2v) is 8.26. The molecular weight excluding hydrogens is 406 g/mol. The fourth-order valence-corrected chi connectivity index (χ4v) is 4.42. The molecule has 2 aromatic heterocycles. The van der Waals surface area contributed by atoms with Gasteiger partial charge in [-0.2, -0.15) is 0 Å². The number of thioether (sulfide) groups is 2. The van der Waals surface area contributed by atoms with E-state index in [2.05, 4.69) is 36.9 Å². The average Bonchev–Trinajstić information content (AvgIpc) is 3.10. The fraction of sp³-hybridized carbons (Fsp3) is 0.350. The van der Waals surface area contributed by atoms with Crippen LogP contribution >= 0.6 is 23.5 Å². The number of aryl methyl sites for hydroxylation is 3. The lowest BCUT2D eigenvalue weighted by molar-refractivity contribution is -0.137. The molecule has 0 radical (unpaired) electrons. The first-order valence-corrected chi connectivity index (χ1v) is 11.1. The third-order valence-electron chi connectivity index (χ3n) is 4.10. The van der Waals surface area contributed by atoms with E-state index in [9.17, 15) is 4.79 Å². The molecule has 0 spiro atoms. The molecule has 0 N–H and O–H groups in total. The summed E-state index contributed by atoms with van der Waals surface area (Å²) in [6.45, 7) is 4.65. The molecule has 9 heteroatoms. The van der Waals surface area contributed by atoms with Gasteiger partial charge in [0.2, 0.25) is 0 Å². The minimum absolute atomic E-state index is 0.202. The number of benzene rings is 1. The van der Waals surface area contributed by atoms with Gasteiger partial charge in [-0.05, 0) is 31.9 Å². The summed E-state index contributed by atoms with van der Waals surface area (Å²) in [5.74, 6) is 1.35. The van der Waals surface area contributed by atoms with Gasteiger partial charge in [0.15, 0.2) is 10.3 Å². The first kappa shape index (κ1) is 21.3. The highest BCUT2D eigenvalue weighted by molar-refractivity contribution is 7.99. The molecule has 0 aliphatic rings. The largest absolute Gasteiger partial charge is 0.468 e. The van der Waals surface area contributed by atoms with Crippen LogP contribution in [0.1, 0.15) is 22.8 Å². The molecule has 7 nitrogen and oxygen atoms in total. The SMILES string of the molecule is COC(=O)CSc1nnc(CSc2nc(C)cc(C)n2)n1CCc1ccccc1. The van der Waals surface area contributed by atoms with Crippen molar-refractivity contribution in [2.75, 3.05) is 12.9 Å². The third-order valence-corrected chi connectivity index (χ3v) is 5.88. The van der Waals surface area contributed by atoms with Gasteiger partial charge in [-0.25, -0.2) is 9.97 Å². The summed E-state index contributed by atoms with van der Waals surface area (Å²) in [5.41, 5.74) is 3.13. The first-order valence-electron chi connectivity index (χ1n) is 9.16. The van der Waals surface area contributed by atoms with E-state index in [1.165, 1.54) is 36.2 Å². The van der Waals surface area contributed by atoms with Crippen LogP contribution in [0.4, 0.5) is 0 Å². The van der Waals surface area contributed by atoms with Crippen LogP contribution in [-0.4, -0.2) is 43.6 Å². The van der Waals surface area contributed by atoms with Crippen molar-refractivity contribution >= 4 is 29.5 Å². The first-order chi connectivity index (χ1) is 14.0. The Hall–Kier alpha value is -2.39. The molecular formula is C20H23N5O2S2. The van der Waals surface area contributed by atoms with E-state index in [0.717, 1.165) is 35.3 Å². The van der Waals surface area contributed by atoms with E-state index in [1.54, 1.807) is 0 Å². The van der Waals surface area contributed by atoms with Crippen molar-refractivity contribution in [3.05, 3.63) is 59.2 Å². The maximum absolute atomic E-state index is 11.5. The van der Waals surface area contributed by atoms with E-state index >= 15 is 0 Å². The van der Waals surface area contributed by atoms with Gasteiger partial charge in [-0.1, -0.05) is 53.9 Å². The van der Waals surface area contributed by atoms with Crippen LogP contribution in [-0.2, 0) is 28.2 Å². The fourth-order valence-electron chi connectivity index (χ4n) is 2.71. The Balaban J connectivity index is 1.75. The lowest BCUT2D eigenvalue weighted by Gasteiger charge is -2.10. The number of nitrogens with zero attached hydrogens (tertiary/aromatic N) is 5. The number of rotatable bonds is 9. The molecule has 0 atom stereocenters. The highest BCUT2D eigenvalue weighted by Crippen LogP contribution is 2.23. The predicted molar refractivity (Wildman–Crippen MR) is 114 cm³/mol. The Morgan fingerprint density at radius 3 is 2.48 bits per heavy atom. The number of carbonyl (C=O) groups excluding carboxylic acids is 1. The summed E-state index contributed by atoms with van der Waals surface area (Å²) in [6.07, 6.45) is 0.850. The van der Waals surface area contributed by atoms with Crippen molar-refractivity contribution in [3.63, 3.8) is 0 Å². The van der Waals surface area contributed by atoms with Crippen molar-refractivity contribution in [1.29, 1.82) is 0 Å². The van der Waals surface area contributed by atoms with E-state index in [0.29, 0.717) is 10.9 Å². The van der Waals surface area contributed by atoms with Gasteiger partial charge in [-0.15, -0.1) is 10.2 Å². The van der Waals surface area contributed by atoms with Crippen molar-refractivity contribution in [2.45, 2.75) is 42.9 Å². The molecule has 3 aromatic rings. The monoisotopic (exact) mass is 429 g/mol. The number of methoxy groups -OCH3 is 1. The molecule has 0 saturated carbocycles. The number of hydrogen-bond acceptors (Lipinski definition) is 8. The Bertz CT molecular complexity index is 943. The van der Waals surface area contributed by atoms with Crippen LogP contribution < -0.4 is 0 Å². The Morgan fingerprint density at radius 1 is 1.07 bits per heavy atom. The Morgan fingerprint density at radius 2 is 1.79 bits per heavy atom. The van der Waals surface area contributed by atoms with Gasteiger partial charge in [0.25, 0.3) is 0 Å². The molecule has 3 rings (SSSR count). The lowest BCUT2D eigenvalue weighted by atomic mass is 10.1. The van der Waals surface area contributed by atoms with Crippen LogP contribution in [0.15, 0.2) is 46.7 Å². The van der Waals surface area contributed by atoms with Crippen LogP contribution in [0, 0.1) is 13.8 Å². The zero-order valence-electron chi connectivity index (χ0n) is 16.7. The lowest BCUT2D eigenvalue weighted by Crippen LogP contribution is -2.09. The summed E-state index contributed by atoms with van der Waals surface area (Å²) in [7, 11) is 1.38. The maximum Gasteiger partial charge on any atom is 0.316 e. The molecule has 2 heterocycles. The van der Waals surface area contributed by atoms with Crippen LogP contribution in [0.2, 0.25) is 0 Å². The number of esters is 1. The normalized spacial score (nSPS) is 10.9. The van der Waals surface area contributed by atoms with Gasteiger partial charge in [0.05, 0.1) is 18.6 Å². The number of carbonyl (C=O) groups is 1. The summed E-state index contributed by atoms with van der Waals surface area (Å²) in [6, 6.07) is 12.2. The van der Waals surface area contributed by atoms with Crippen molar-refractivity contribution < 1.29 is 9.53 Å². The van der Waals surface area contributed by atoms with Crippen LogP contribution in [0.25, 0.3) is 0 Å². The minimum Gasteiger partial charge on any atom is -0.468 e. The van der Waals surface area contributed by atoms with Gasteiger partial charge >= 0.3 is 5.97 Å². The van der Waals surface area contributed by atoms with E-state index in [4.69, 9.17) is 4.74 Å². The Labute approximate surface area is 178 Å². The van der Waals surface area contributed by atoms with Gasteiger partial charge < -0.3 is 9.30 Å². The Kier molecular flexibility index (Phi) is 7.65. The van der Waals surface area contributed by atoms with Crippen molar-refractivity contribution in [3.8, 4) is 0 Å². The van der Waals surface area contributed by atoms with Gasteiger partial charge in [0, 0.05) is 17.9 Å². The summed E-state index contributed by atoms with van der Waals surface area (Å²) in [4.78, 5) is 20.5. The van der Waals surface area contributed by atoms with Crippen LogP contribution in [0.3, 0.4) is 0 Å². The predicted octanol–water partition coefficient (Wildman–Crippen LogP) is 3.49. The second kappa shape index (κ2) is 10.4. The topological polar surface area (TPSA) is 82.8 Å². The van der Waals surface area contributed by atoms with Crippen LogP contribution in [0.5, 0.6) is 0 Å². The highest BCUT2D eigenvalue weighted by Gasteiger charge is 2.15. The van der Waals surface area contributed by atoms with E-state index in [1.807, 2.05) is 38.1 Å². The quantitative estimate of drug-likeness (QED) is 0.290. The summed E-state index contributed by atoms with van der Waals surface area (Å²) in [5, 5.41) is 10.1. The molecule has 0 aliphatic heterocycles. The highest BCUT2D eigenvalue weighted by atomic mass is 32.2. The zero-order chi connectivity index (χ0) is 20.6. The maximum atomic E-state index is 11.5. The number of aromatic nitrogens is 5.